The SMILES string of the molecule is CCOc1cc(C=Nn2c(C(C)C)nc3ccc(Br)cc3c2=O)cc(Br)c1OCc1cccc([N+](=O)[O-])c1. The van der Waals surface area contributed by atoms with Crippen molar-refractivity contribution in [2.45, 2.75) is 33.3 Å². The second kappa shape index (κ2) is 11.9. The summed E-state index contributed by atoms with van der Waals surface area (Å²) in [6.45, 7) is 6.26. The van der Waals surface area contributed by atoms with E-state index in [0.717, 1.165) is 4.47 Å². The maximum absolute atomic E-state index is 13.3. The number of benzene rings is 3. The summed E-state index contributed by atoms with van der Waals surface area (Å²) in [6, 6.07) is 15.2. The van der Waals surface area contributed by atoms with Crippen LogP contribution in [0, 0.1) is 10.1 Å². The molecule has 0 saturated heterocycles. The fraction of sp³-hybridized carbons (Fsp3) is 0.222. The predicted octanol–water partition coefficient (Wildman–Crippen LogP) is 6.81. The number of nitro groups is 1. The number of halogens is 2. The molecule has 11 heteroatoms. The maximum atomic E-state index is 13.3. The Morgan fingerprint density at radius 2 is 1.92 bits per heavy atom. The fourth-order valence-electron chi connectivity index (χ4n) is 3.76. The second-order valence-corrected chi connectivity index (χ2v) is 10.4. The Hall–Kier alpha value is -3.57. The van der Waals surface area contributed by atoms with E-state index >= 15 is 0 Å². The smallest absolute Gasteiger partial charge is 0.282 e. The quantitative estimate of drug-likeness (QED) is 0.113. The number of fused-ring (bicyclic) bond motifs is 1. The molecule has 196 valence electrons. The van der Waals surface area contributed by atoms with Crippen LogP contribution >= 0.6 is 31.9 Å². The van der Waals surface area contributed by atoms with Gasteiger partial charge < -0.3 is 9.47 Å². The molecular formula is C27H24Br2N4O5. The Bertz CT molecular complexity index is 1600. The lowest BCUT2D eigenvalue weighted by Crippen LogP contribution is -2.23. The molecule has 0 aliphatic heterocycles. The summed E-state index contributed by atoms with van der Waals surface area (Å²) in [5.74, 6) is 1.42. The molecule has 0 unspecified atom stereocenters. The van der Waals surface area contributed by atoms with Gasteiger partial charge in [-0.05, 0) is 64.3 Å². The van der Waals surface area contributed by atoms with E-state index in [0.29, 0.717) is 50.4 Å². The maximum Gasteiger partial charge on any atom is 0.282 e. The third-order valence-electron chi connectivity index (χ3n) is 5.51. The lowest BCUT2D eigenvalue weighted by atomic mass is 10.2. The average molecular weight is 644 g/mol. The molecular weight excluding hydrogens is 620 g/mol. The fourth-order valence-corrected chi connectivity index (χ4v) is 4.69. The Balaban J connectivity index is 1.68. The summed E-state index contributed by atoms with van der Waals surface area (Å²) in [5, 5.41) is 16.0. The van der Waals surface area contributed by atoms with Crippen molar-refractivity contribution in [3.8, 4) is 11.5 Å². The van der Waals surface area contributed by atoms with Crippen LogP contribution in [0.3, 0.4) is 0 Å². The highest BCUT2D eigenvalue weighted by Gasteiger charge is 2.16. The van der Waals surface area contributed by atoms with Gasteiger partial charge in [-0.15, -0.1) is 0 Å². The van der Waals surface area contributed by atoms with Crippen molar-refractivity contribution in [1.29, 1.82) is 0 Å². The lowest BCUT2D eigenvalue weighted by molar-refractivity contribution is -0.384. The lowest BCUT2D eigenvalue weighted by Gasteiger charge is -2.15. The Morgan fingerprint density at radius 3 is 2.63 bits per heavy atom. The van der Waals surface area contributed by atoms with Crippen molar-refractivity contribution in [3.63, 3.8) is 0 Å². The molecule has 4 rings (SSSR count). The number of ether oxygens (including phenoxy) is 2. The van der Waals surface area contributed by atoms with Crippen molar-refractivity contribution in [3.05, 3.63) is 101 Å². The summed E-state index contributed by atoms with van der Waals surface area (Å²) < 4.78 is 14.5. The first-order valence-corrected chi connectivity index (χ1v) is 13.4. The van der Waals surface area contributed by atoms with E-state index in [-0.39, 0.29) is 23.8 Å². The van der Waals surface area contributed by atoms with Crippen molar-refractivity contribution < 1.29 is 14.4 Å². The molecule has 0 aliphatic carbocycles. The van der Waals surface area contributed by atoms with Gasteiger partial charge in [0, 0.05) is 22.5 Å². The van der Waals surface area contributed by atoms with E-state index < -0.39 is 4.92 Å². The van der Waals surface area contributed by atoms with Gasteiger partial charge >= 0.3 is 0 Å². The standard InChI is InChI=1S/C27H24Br2N4O5/c1-4-37-24-12-18(11-22(29)25(24)38-15-17-6-5-7-20(10-17)33(35)36)14-30-32-26(16(2)3)31-23-9-8-19(28)13-21(23)27(32)34/h5-14,16H,4,15H2,1-3H3. The van der Waals surface area contributed by atoms with E-state index in [1.807, 2.05) is 26.8 Å². The van der Waals surface area contributed by atoms with Gasteiger partial charge in [-0.25, -0.2) is 4.98 Å². The minimum Gasteiger partial charge on any atom is -0.490 e. The minimum atomic E-state index is -0.445. The number of nitro benzene ring substituents is 1. The second-order valence-electron chi connectivity index (χ2n) is 8.63. The average Bonchev–Trinajstić information content (AvgIpc) is 2.88. The van der Waals surface area contributed by atoms with E-state index in [4.69, 9.17) is 9.47 Å². The Morgan fingerprint density at radius 1 is 1.13 bits per heavy atom. The van der Waals surface area contributed by atoms with Crippen LogP contribution in [0.1, 0.15) is 43.6 Å². The van der Waals surface area contributed by atoms with Crippen LogP contribution in [0.2, 0.25) is 0 Å². The van der Waals surface area contributed by atoms with Gasteiger partial charge in [0.2, 0.25) is 0 Å². The van der Waals surface area contributed by atoms with Crippen molar-refractivity contribution in [2.24, 2.45) is 5.10 Å². The largest absolute Gasteiger partial charge is 0.490 e. The molecule has 0 bridgehead atoms. The first kappa shape index (κ1) is 27.5. The molecule has 9 nitrogen and oxygen atoms in total. The first-order chi connectivity index (χ1) is 18.2. The van der Waals surface area contributed by atoms with Crippen molar-refractivity contribution in [1.82, 2.24) is 9.66 Å². The topological polar surface area (TPSA) is 109 Å². The summed E-state index contributed by atoms with van der Waals surface area (Å²) in [7, 11) is 0. The first-order valence-electron chi connectivity index (χ1n) is 11.8. The van der Waals surface area contributed by atoms with Gasteiger partial charge in [0.15, 0.2) is 11.5 Å². The van der Waals surface area contributed by atoms with Gasteiger partial charge in [0.1, 0.15) is 12.4 Å². The third kappa shape index (κ3) is 6.11. The summed E-state index contributed by atoms with van der Waals surface area (Å²) in [6.07, 6.45) is 1.57. The molecule has 0 saturated carbocycles. The van der Waals surface area contributed by atoms with Crippen LogP contribution in [0.15, 0.2) is 73.4 Å². The molecule has 0 aliphatic rings. The van der Waals surface area contributed by atoms with Crippen LogP contribution < -0.4 is 15.0 Å². The molecule has 0 amide bonds. The number of rotatable bonds is 9. The van der Waals surface area contributed by atoms with Gasteiger partial charge in [-0.3, -0.25) is 14.9 Å². The molecule has 0 spiro atoms. The highest BCUT2D eigenvalue weighted by molar-refractivity contribution is 9.10. The molecule has 38 heavy (non-hydrogen) atoms. The number of aromatic nitrogens is 2. The monoisotopic (exact) mass is 642 g/mol. The van der Waals surface area contributed by atoms with E-state index in [2.05, 4.69) is 41.9 Å². The van der Waals surface area contributed by atoms with Gasteiger partial charge in [-0.2, -0.15) is 9.78 Å². The summed E-state index contributed by atoms with van der Waals surface area (Å²) >= 11 is 6.95. The number of hydrogen-bond acceptors (Lipinski definition) is 7. The highest BCUT2D eigenvalue weighted by Crippen LogP contribution is 2.37. The third-order valence-corrected chi connectivity index (χ3v) is 6.59. The van der Waals surface area contributed by atoms with Crippen LogP contribution in [-0.4, -0.2) is 27.4 Å². The number of hydrogen-bond donors (Lipinski definition) is 0. The highest BCUT2D eigenvalue weighted by atomic mass is 79.9. The van der Waals surface area contributed by atoms with Crippen LogP contribution in [-0.2, 0) is 6.61 Å². The zero-order valence-corrected chi connectivity index (χ0v) is 24.0. The summed E-state index contributed by atoms with van der Waals surface area (Å²) in [4.78, 5) is 28.6. The zero-order valence-electron chi connectivity index (χ0n) is 20.9. The van der Waals surface area contributed by atoms with Crippen LogP contribution in [0.25, 0.3) is 10.9 Å². The van der Waals surface area contributed by atoms with Gasteiger partial charge in [0.05, 0.1) is 33.1 Å². The van der Waals surface area contributed by atoms with Gasteiger partial charge in [0.25, 0.3) is 11.2 Å². The normalized spacial score (nSPS) is 11.4. The molecule has 0 atom stereocenters. The molecule has 0 radical (unpaired) electrons. The Kier molecular flexibility index (Phi) is 8.58. The molecule has 1 aromatic heterocycles. The zero-order chi connectivity index (χ0) is 27.4. The number of non-ortho nitro benzene ring substituents is 1. The van der Waals surface area contributed by atoms with E-state index in [9.17, 15) is 14.9 Å². The van der Waals surface area contributed by atoms with Crippen molar-refractivity contribution in [2.75, 3.05) is 6.61 Å². The molecule has 4 aromatic rings. The Labute approximate surface area is 235 Å². The molecule has 1 heterocycles. The predicted molar refractivity (Wildman–Crippen MR) is 154 cm³/mol. The van der Waals surface area contributed by atoms with E-state index in [1.165, 1.54) is 16.8 Å². The molecule has 3 aromatic carbocycles. The van der Waals surface area contributed by atoms with Crippen molar-refractivity contribution >= 4 is 54.7 Å². The van der Waals surface area contributed by atoms with Crippen LogP contribution in [0.5, 0.6) is 11.5 Å². The molecule has 0 N–H and O–H groups in total. The van der Waals surface area contributed by atoms with Crippen LogP contribution in [0.4, 0.5) is 5.69 Å². The number of nitrogens with zero attached hydrogens (tertiary/aromatic N) is 4. The summed E-state index contributed by atoms with van der Waals surface area (Å²) in [5.41, 5.74) is 1.65. The minimum absolute atomic E-state index is 0.00620. The van der Waals surface area contributed by atoms with Gasteiger partial charge in [-0.1, -0.05) is 41.9 Å². The van der Waals surface area contributed by atoms with E-state index in [1.54, 1.807) is 42.6 Å². The molecule has 0 fully saturated rings.